The first kappa shape index (κ1) is 14.7. The third-order valence-corrected chi connectivity index (χ3v) is 3.31. The van der Waals surface area contributed by atoms with Gasteiger partial charge in [-0.2, -0.15) is 4.98 Å². The Morgan fingerprint density at radius 1 is 1.20 bits per heavy atom. The molecule has 2 N–H and O–H groups in total. The van der Waals surface area contributed by atoms with Gasteiger partial charge in [0.2, 0.25) is 5.89 Å². The van der Waals surface area contributed by atoms with Crippen LogP contribution in [0, 0.1) is 13.8 Å². The Kier molecular flexibility index (Phi) is 4.90. The number of aryl methyl sites for hydroxylation is 2. The van der Waals surface area contributed by atoms with Crippen LogP contribution in [0.2, 0.25) is 0 Å². The highest BCUT2D eigenvalue weighted by molar-refractivity contribution is 5.30. The average Bonchev–Trinajstić information content (AvgIpc) is 2.83. The molecule has 108 valence electrons. The largest absolute Gasteiger partial charge is 0.338 e. The molecule has 1 aromatic heterocycles. The number of hydrogen-bond acceptors (Lipinski definition) is 4. The summed E-state index contributed by atoms with van der Waals surface area (Å²) in [6.45, 7) is 6.34. The molecular weight excluding hydrogens is 250 g/mol. The van der Waals surface area contributed by atoms with Gasteiger partial charge >= 0.3 is 0 Å². The second-order valence-corrected chi connectivity index (χ2v) is 5.47. The van der Waals surface area contributed by atoms with E-state index in [-0.39, 0.29) is 6.04 Å². The molecule has 1 heterocycles. The molecule has 4 nitrogen and oxygen atoms in total. The molecule has 0 spiro atoms. The van der Waals surface area contributed by atoms with Crippen LogP contribution in [-0.4, -0.2) is 10.1 Å². The molecule has 20 heavy (non-hydrogen) atoms. The van der Waals surface area contributed by atoms with Gasteiger partial charge in [-0.05, 0) is 25.8 Å². The first-order chi connectivity index (χ1) is 9.58. The first-order valence-electron chi connectivity index (χ1n) is 7.23. The van der Waals surface area contributed by atoms with E-state index in [0.29, 0.717) is 18.1 Å². The molecule has 1 unspecified atom stereocenters. The van der Waals surface area contributed by atoms with Crippen molar-refractivity contribution in [2.45, 2.75) is 52.5 Å². The van der Waals surface area contributed by atoms with Crippen molar-refractivity contribution in [1.82, 2.24) is 10.1 Å². The lowest BCUT2D eigenvalue weighted by atomic mass is 10.0. The summed E-state index contributed by atoms with van der Waals surface area (Å²) in [5, 5.41) is 4.03. The molecule has 0 bridgehead atoms. The number of nitrogens with zero attached hydrogens (tertiary/aromatic N) is 2. The first-order valence-corrected chi connectivity index (χ1v) is 7.23. The van der Waals surface area contributed by atoms with Crippen LogP contribution in [0.3, 0.4) is 0 Å². The maximum Gasteiger partial charge on any atom is 0.243 e. The van der Waals surface area contributed by atoms with Gasteiger partial charge in [-0.15, -0.1) is 0 Å². The molecular formula is C16H23N3O. The van der Waals surface area contributed by atoms with Gasteiger partial charge in [0.25, 0.3) is 0 Å². The summed E-state index contributed by atoms with van der Waals surface area (Å²) in [4.78, 5) is 4.41. The second kappa shape index (κ2) is 6.66. The molecule has 0 aliphatic rings. The van der Waals surface area contributed by atoms with E-state index in [2.05, 4.69) is 49.1 Å². The molecule has 2 rings (SSSR count). The Hall–Kier alpha value is -1.68. The van der Waals surface area contributed by atoms with Crippen molar-refractivity contribution in [3.63, 3.8) is 0 Å². The quantitative estimate of drug-likeness (QED) is 0.875. The van der Waals surface area contributed by atoms with E-state index in [9.17, 15) is 0 Å². The lowest BCUT2D eigenvalue weighted by Gasteiger charge is -2.04. The standard InChI is InChI=1S/C16H23N3O/c1-4-5-6-14(17)16-18-15(19-20-16)10-13-8-11(2)7-12(3)9-13/h7-9,14H,4-6,10,17H2,1-3H3. The third kappa shape index (κ3) is 3.90. The number of rotatable bonds is 6. The van der Waals surface area contributed by atoms with E-state index in [0.717, 1.165) is 19.3 Å². The maximum absolute atomic E-state index is 6.04. The van der Waals surface area contributed by atoms with Crippen molar-refractivity contribution in [2.75, 3.05) is 0 Å². The van der Waals surface area contributed by atoms with Gasteiger partial charge in [-0.25, -0.2) is 0 Å². The molecule has 4 heteroatoms. The maximum atomic E-state index is 6.04. The normalized spacial score (nSPS) is 12.6. The highest BCUT2D eigenvalue weighted by atomic mass is 16.5. The van der Waals surface area contributed by atoms with Crippen molar-refractivity contribution >= 4 is 0 Å². The minimum absolute atomic E-state index is 0.143. The van der Waals surface area contributed by atoms with Crippen LogP contribution in [0.5, 0.6) is 0 Å². The number of benzene rings is 1. The summed E-state index contributed by atoms with van der Waals surface area (Å²) in [5.41, 5.74) is 9.75. The Morgan fingerprint density at radius 2 is 1.90 bits per heavy atom. The smallest absolute Gasteiger partial charge is 0.243 e. The SMILES string of the molecule is CCCCC(N)c1nc(Cc2cc(C)cc(C)c2)no1. The lowest BCUT2D eigenvalue weighted by molar-refractivity contribution is 0.343. The fraction of sp³-hybridized carbons (Fsp3) is 0.500. The number of hydrogen-bond donors (Lipinski definition) is 1. The van der Waals surface area contributed by atoms with E-state index in [1.807, 2.05) is 0 Å². The number of aromatic nitrogens is 2. The van der Waals surface area contributed by atoms with Crippen LogP contribution >= 0.6 is 0 Å². The van der Waals surface area contributed by atoms with Gasteiger partial charge in [-0.1, -0.05) is 54.2 Å². The Balaban J connectivity index is 2.05. The zero-order valence-corrected chi connectivity index (χ0v) is 12.5. The highest BCUT2D eigenvalue weighted by Crippen LogP contribution is 2.17. The van der Waals surface area contributed by atoms with Gasteiger partial charge in [0, 0.05) is 6.42 Å². The molecule has 2 aromatic rings. The molecule has 0 fully saturated rings. The Labute approximate surface area is 120 Å². The monoisotopic (exact) mass is 273 g/mol. The summed E-state index contributed by atoms with van der Waals surface area (Å²) >= 11 is 0. The molecule has 1 aromatic carbocycles. The fourth-order valence-electron chi connectivity index (χ4n) is 2.39. The summed E-state index contributed by atoms with van der Waals surface area (Å²) in [7, 11) is 0. The van der Waals surface area contributed by atoms with Crippen molar-refractivity contribution < 1.29 is 4.52 Å². The van der Waals surface area contributed by atoms with E-state index >= 15 is 0 Å². The zero-order chi connectivity index (χ0) is 14.5. The molecule has 0 radical (unpaired) electrons. The summed E-state index contributed by atoms with van der Waals surface area (Å²) in [6, 6.07) is 6.32. The van der Waals surface area contributed by atoms with Crippen LogP contribution in [-0.2, 0) is 6.42 Å². The highest BCUT2D eigenvalue weighted by Gasteiger charge is 2.14. The predicted octanol–water partition coefficient (Wildman–Crippen LogP) is 3.47. The topological polar surface area (TPSA) is 64.9 Å². The number of unbranched alkanes of at least 4 members (excludes halogenated alkanes) is 1. The summed E-state index contributed by atoms with van der Waals surface area (Å²) in [6.07, 6.45) is 3.78. The second-order valence-electron chi connectivity index (χ2n) is 5.47. The van der Waals surface area contributed by atoms with Crippen LogP contribution < -0.4 is 5.73 Å². The Morgan fingerprint density at radius 3 is 2.55 bits per heavy atom. The minimum Gasteiger partial charge on any atom is -0.338 e. The predicted molar refractivity (Wildman–Crippen MR) is 79.5 cm³/mol. The summed E-state index contributed by atoms with van der Waals surface area (Å²) < 4.78 is 5.27. The van der Waals surface area contributed by atoms with Gasteiger partial charge in [0.15, 0.2) is 5.82 Å². The van der Waals surface area contributed by atoms with Gasteiger partial charge < -0.3 is 10.3 Å². The zero-order valence-electron chi connectivity index (χ0n) is 12.5. The van der Waals surface area contributed by atoms with Crippen molar-refractivity contribution in [3.05, 3.63) is 46.6 Å². The van der Waals surface area contributed by atoms with Crippen LogP contribution in [0.4, 0.5) is 0 Å². The third-order valence-electron chi connectivity index (χ3n) is 3.31. The molecule has 1 atom stereocenters. The molecule has 0 aliphatic heterocycles. The van der Waals surface area contributed by atoms with Gasteiger partial charge in [-0.3, -0.25) is 0 Å². The van der Waals surface area contributed by atoms with Crippen molar-refractivity contribution in [2.24, 2.45) is 5.73 Å². The van der Waals surface area contributed by atoms with E-state index in [1.54, 1.807) is 0 Å². The summed E-state index contributed by atoms with van der Waals surface area (Å²) in [5.74, 6) is 1.26. The van der Waals surface area contributed by atoms with Crippen LogP contribution in [0.25, 0.3) is 0 Å². The Bertz CT molecular complexity index is 542. The minimum atomic E-state index is -0.143. The molecule has 0 saturated carbocycles. The van der Waals surface area contributed by atoms with Crippen molar-refractivity contribution in [3.8, 4) is 0 Å². The van der Waals surface area contributed by atoms with E-state index in [1.165, 1.54) is 16.7 Å². The van der Waals surface area contributed by atoms with E-state index < -0.39 is 0 Å². The molecule has 0 aliphatic carbocycles. The van der Waals surface area contributed by atoms with Crippen LogP contribution in [0.15, 0.2) is 22.7 Å². The fourth-order valence-corrected chi connectivity index (χ4v) is 2.39. The molecule has 0 saturated heterocycles. The number of nitrogens with two attached hydrogens (primary N) is 1. The molecule has 0 amide bonds. The van der Waals surface area contributed by atoms with Gasteiger partial charge in [0.1, 0.15) is 0 Å². The van der Waals surface area contributed by atoms with Crippen molar-refractivity contribution in [1.29, 1.82) is 0 Å². The van der Waals surface area contributed by atoms with E-state index in [4.69, 9.17) is 10.3 Å². The average molecular weight is 273 g/mol. The van der Waals surface area contributed by atoms with Gasteiger partial charge in [0.05, 0.1) is 6.04 Å². The van der Waals surface area contributed by atoms with Crippen LogP contribution in [0.1, 0.15) is 60.6 Å². The lowest BCUT2D eigenvalue weighted by Crippen LogP contribution is -2.10.